The number of nitrogens with zero attached hydrogens (tertiary/aromatic N) is 4. The van der Waals surface area contributed by atoms with Crippen molar-refractivity contribution in [2.75, 3.05) is 7.11 Å². The first-order valence-corrected chi connectivity index (χ1v) is 9.01. The molecule has 0 atom stereocenters. The van der Waals surface area contributed by atoms with Gasteiger partial charge in [0.1, 0.15) is 12.3 Å². The smallest absolute Gasteiger partial charge is 0.335 e. The number of hydrogen-bond donors (Lipinski definition) is 3. The van der Waals surface area contributed by atoms with Crippen molar-refractivity contribution in [3.63, 3.8) is 0 Å². The number of ether oxygens (including phenoxy) is 2. The molecule has 154 valence electrons. The maximum atomic E-state index is 10.9. The molecule has 0 saturated heterocycles. The predicted octanol–water partition coefficient (Wildman–Crippen LogP) is 1.72. The number of hydrogen-bond acceptors (Lipinski definition) is 7. The van der Waals surface area contributed by atoms with Gasteiger partial charge in [-0.1, -0.05) is 5.21 Å². The Labute approximate surface area is 176 Å². The van der Waals surface area contributed by atoms with Crippen molar-refractivity contribution in [3.05, 3.63) is 65.5 Å². The van der Waals surface area contributed by atoms with Gasteiger partial charge in [0.2, 0.25) is 0 Å². The zero-order valence-electron chi connectivity index (χ0n) is 15.8. The van der Waals surface area contributed by atoms with Crippen LogP contribution in [0.4, 0.5) is 0 Å². The van der Waals surface area contributed by atoms with Crippen LogP contribution in [-0.4, -0.2) is 44.5 Å². The van der Waals surface area contributed by atoms with Crippen LogP contribution in [0.15, 0.2) is 53.8 Å². The average molecular weight is 426 g/mol. The Kier molecular flexibility index (Phi) is 6.55. The van der Waals surface area contributed by atoms with E-state index in [1.807, 2.05) is 0 Å². The number of thiocarbonyl (C=S) groups is 1. The lowest BCUT2D eigenvalue weighted by Gasteiger charge is -2.10. The van der Waals surface area contributed by atoms with Crippen LogP contribution in [0.1, 0.15) is 21.6 Å². The SMILES string of the molecule is COc1cc(/C=N/NC(N)=S)ccc1OCc1cn(-c2ccc(C(=O)O)cc2)nn1. The molecule has 3 aromatic rings. The maximum Gasteiger partial charge on any atom is 0.335 e. The number of rotatable bonds is 8. The van der Waals surface area contributed by atoms with Gasteiger partial charge in [0.15, 0.2) is 16.6 Å². The summed E-state index contributed by atoms with van der Waals surface area (Å²) in [6.45, 7) is 0.167. The fourth-order valence-corrected chi connectivity index (χ4v) is 2.51. The van der Waals surface area contributed by atoms with Crippen LogP contribution < -0.4 is 20.6 Å². The lowest BCUT2D eigenvalue weighted by Crippen LogP contribution is -2.23. The van der Waals surface area contributed by atoms with E-state index in [2.05, 4.69) is 33.1 Å². The van der Waals surface area contributed by atoms with Crippen LogP contribution in [0.25, 0.3) is 5.69 Å². The summed E-state index contributed by atoms with van der Waals surface area (Å²) in [4.78, 5) is 10.9. The van der Waals surface area contributed by atoms with Crippen molar-refractivity contribution in [2.45, 2.75) is 6.61 Å². The number of nitrogens with one attached hydrogen (secondary N) is 1. The summed E-state index contributed by atoms with van der Waals surface area (Å²) >= 11 is 4.68. The molecule has 0 saturated carbocycles. The number of nitrogens with two attached hydrogens (primary N) is 1. The third-order valence-corrected chi connectivity index (χ3v) is 3.96. The summed E-state index contributed by atoms with van der Waals surface area (Å²) in [6.07, 6.45) is 3.25. The molecule has 0 aliphatic heterocycles. The highest BCUT2D eigenvalue weighted by Gasteiger charge is 2.09. The molecular formula is C19H18N6O4S. The molecule has 2 aromatic carbocycles. The molecule has 0 unspecified atom stereocenters. The first-order valence-electron chi connectivity index (χ1n) is 8.60. The van der Waals surface area contributed by atoms with E-state index in [9.17, 15) is 4.79 Å². The Morgan fingerprint density at radius 3 is 2.73 bits per heavy atom. The summed E-state index contributed by atoms with van der Waals surface area (Å²) < 4.78 is 12.7. The predicted molar refractivity (Wildman–Crippen MR) is 113 cm³/mol. The van der Waals surface area contributed by atoms with Crippen molar-refractivity contribution in [2.24, 2.45) is 10.8 Å². The lowest BCUT2D eigenvalue weighted by molar-refractivity contribution is 0.0697. The molecule has 10 nitrogen and oxygen atoms in total. The highest BCUT2D eigenvalue weighted by Crippen LogP contribution is 2.28. The van der Waals surface area contributed by atoms with E-state index in [1.165, 1.54) is 23.9 Å². The standard InChI is InChI=1S/C19H18N6O4S/c1-28-17-8-12(9-21-23-19(20)30)2-7-16(17)29-11-14-10-25(24-22-14)15-5-3-13(4-6-15)18(26)27/h2-10H,11H2,1H3,(H,26,27)(H3,20,23,30)/b21-9+. The summed E-state index contributed by atoms with van der Waals surface area (Å²) in [6, 6.07) is 11.6. The molecular weight excluding hydrogens is 408 g/mol. The summed E-state index contributed by atoms with van der Waals surface area (Å²) in [7, 11) is 1.54. The van der Waals surface area contributed by atoms with Crippen LogP contribution in [-0.2, 0) is 6.61 Å². The Balaban J connectivity index is 1.66. The van der Waals surface area contributed by atoms with Gasteiger partial charge >= 0.3 is 5.97 Å². The van der Waals surface area contributed by atoms with E-state index >= 15 is 0 Å². The summed E-state index contributed by atoms with van der Waals surface area (Å²) in [5.74, 6) is 0.0582. The van der Waals surface area contributed by atoms with E-state index in [-0.39, 0.29) is 17.3 Å². The van der Waals surface area contributed by atoms with Crippen molar-refractivity contribution in [3.8, 4) is 17.2 Å². The number of carboxylic acid groups (broad SMARTS) is 1. The van der Waals surface area contributed by atoms with E-state index in [4.69, 9.17) is 20.3 Å². The highest BCUT2D eigenvalue weighted by molar-refractivity contribution is 7.80. The van der Waals surface area contributed by atoms with Gasteiger partial charge in [-0.25, -0.2) is 9.48 Å². The van der Waals surface area contributed by atoms with Crippen molar-refractivity contribution < 1.29 is 19.4 Å². The fourth-order valence-electron chi connectivity index (χ4n) is 2.45. The van der Waals surface area contributed by atoms with Crippen molar-refractivity contribution >= 4 is 29.5 Å². The zero-order chi connectivity index (χ0) is 21.5. The molecule has 0 bridgehead atoms. The van der Waals surface area contributed by atoms with Gasteiger partial charge in [0, 0.05) is 0 Å². The number of aromatic carboxylic acids is 1. The number of carboxylic acids is 1. The van der Waals surface area contributed by atoms with Crippen molar-refractivity contribution in [1.82, 2.24) is 20.4 Å². The first kappa shape index (κ1) is 20.7. The minimum absolute atomic E-state index is 0.0732. The minimum atomic E-state index is -0.987. The Morgan fingerprint density at radius 2 is 2.07 bits per heavy atom. The first-order chi connectivity index (χ1) is 14.5. The molecule has 0 amide bonds. The number of aromatic nitrogens is 3. The minimum Gasteiger partial charge on any atom is -0.493 e. The quantitative estimate of drug-likeness (QED) is 0.279. The van der Waals surface area contributed by atoms with Crippen LogP contribution >= 0.6 is 12.2 Å². The molecule has 11 heteroatoms. The second-order valence-corrected chi connectivity index (χ2v) is 6.38. The molecule has 3 rings (SSSR count). The lowest BCUT2D eigenvalue weighted by atomic mass is 10.2. The second-order valence-electron chi connectivity index (χ2n) is 5.94. The molecule has 0 fully saturated rings. The van der Waals surface area contributed by atoms with E-state index in [0.29, 0.717) is 22.9 Å². The van der Waals surface area contributed by atoms with E-state index in [0.717, 1.165) is 5.56 Å². The Morgan fingerprint density at radius 1 is 1.30 bits per heavy atom. The van der Waals surface area contributed by atoms with Gasteiger partial charge in [-0.3, -0.25) is 5.43 Å². The monoisotopic (exact) mass is 426 g/mol. The van der Waals surface area contributed by atoms with E-state index < -0.39 is 5.97 Å². The maximum absolute atomic E-state index is 10.9. The zero-order valence-corrected chi connectivity index (χ0v) is 16.7. The molecule has 4 N–H and O–H groups in total. The van der Waals surface area contributed by atoms with Crippen LogP contribution in [0.5, 0.6) is 11.5 Å². The van der Waals surface area contributed by atoms with Crippen LogP contribution in [0.2, 0.25) is 0 Å². The molecule has 0 aliphatic rings. The van der Waals surface area contributed by atoms with Crippen molar-refractivity contribution in [1.29, 1.82) is 0 Å². The Hall–Kier alpha value is -3.99. The third-order valence-electron chi connectivity index (χ3n) is 3.87. The van der Waals surface area contributed by atoms with Gasteiger partial charge in [-0.15, -0.1) is 5.10 Å². The number of methoxy groups -OCH3 is 1. The molecule has 30 heavy (non-hydrogen) atoms. The van der Waals surface area contributed by atoms with Gasteiger partial charge in [-0.2, -0.15) is 5.10 Å². The van der Waals surface area contributed by atoms with Gasteiger partial charge in [0.05, 0.1) is 30.8 Å². The average Bonchev–Trinajstić information content (AvgIpc) is 3.21. The molecule has 0 radical (unpaired) electrons. The van der Waals surface area contributed by atoms with Gasteiger partial charge < -0.3 is 20.3 Å². The number of carbonyl (C=O) groups is 1. The Bertz CT molecular complexity index is 1080. The van der Waals surface area contributed by atoms with Crippen LogP contribution in [0.3, 0.4) is 0 Å². The molecule has 0 spiro atoms. The molecule has 0 aliphatic carbocycles. The fraction of sp³-hybridized carbons (Fsp3) is 0.105. The largest absolute Gasteiger partial charge is 0.493 e. The normalized spacial score (nSPS) is 10.7. The molecule has 1 heterocycles. The third kappa shape index (κ3) is 5.29. The topological polar surface area (TPSA) is 137 Å². The van der Waals surface area contributed by atoms with Crippen LogP contribution in [0, 0.1) is 0 Å². The summed E-state index contributed by atoms with van der Waals surface area (Å²) in [5, 5.41) is 21.1. The van der Waals surface area contributed by atoms with E-state index in [1.54, 1.807) is 42.7 Å². The van der Waals surface area contributed by atoms with Gasteiger partial charge in [-0.05, 0) is 60.2 Å². The van der Waals surface area contributed by atoms with Gasteiger partial charge in [0.25, 0.3) is 0 Å². The number of hydrazone groups is 1. The molecule has 1 aromatic heterocycles. The number of benzene rings is 2. The highest BCUT2D eigenvalue weighted by atomic mass is 32.1. The second kappa shape index (κ2) is 9.47. The summed E-state index contributed by atoms with van der Waals surface area (Å²) in [5.41, 5.74) is 10.0.